The first-order valence-corrected chi connectivity index (χ1v) is 10.7. The van der Waals surface area contributed by atoms with Gasteiger partial charge >= 0.3 is 6.18 Å². The van der Waals surface area contributed by atoms with E-state index < -0.39 is 87.7 Å². The minimum Gasteiger partial charge on any atom is -0.382 e. The van der Waals surface area contributed by atoms with Crippen LogP contribution in [0.1, 0.15) is 29.8 Å². The summed E-state index contributed by atoms with van der Waals surface area (Å²) in [6.07, 6.45) is -5.85. The van der Waals surface area contributed by atoms with Gasteiger partial charge < -0.3 is 21.1 Å². The second-order valence-corrected chi connectivity index (χ2v) is 9.02. The van der Waals surface area contributed by atoms with Crippen LogP contribution in [0.4, 0.5) is 32.2 Å². The largest absolute Gasteiger partial charge is 0.418 e. The van der Waals surface area contributed by atoms with E-state index in [4.69, 9.17) is 5.73 Å². The lowest BCUT2D eigenvalue weighted by atomic mass is 10.0. The van der Waals surface area contributed by atoms with Crippen LogP contribution in [-0.2, 0) is 11.0 Å². The molecule has 1 aliphatic rings. The number of carbonyl (C=O) groups is 2. The Bertz CT molecular complexity index is 1400. The van der Waals surface area contributed by atoms with Crippen molar-refractivity contribution in [2.24, 2.45) is 0 Å². The van der Waals surface area contributed by atoms with Gasteiger partial charge in [0.2, 0.25) is 0 Å². The number of halogens is 6. The molecule has 2 amide bonds. The molecule has 3 heterocycles. The van der Waals surface area contributed by atoms with E-state index in [1.54, 1.807) is 0 Å². The fourth-order valence-electron chi connectivity index (χ4n) is 4.09. The van der Waals surface area contributed by atoms with E-state index >= 15 is 0 Å². The third-order valence-electron chi connectivity index (χ3n) is 5.84. The molecule has 9 nitrogen and oxygen atoms in total. The van der Waals surface area contributed by atoms with Gasteiger partial charge in [0.05, 0.1) is 29.4 Å². The molecule has 0 saturated carbocycles. The third-order valence-corrected chi connectivity index (χ3v) is 5.84. The molecular formula is C22H20F6N6O3. The minimum absolute atomic E-state index is 0.299. The van der Waals surface area contributed by atoms with Crippen molar-refractivity contribution in [3.8, 4) is 11.3 Å². The number of aromatic nitrogens is 3. The Morgan fingerprint density at radius 2 is 1.81 bits per heavy atom. The zero-order valence-corrected chi connectivity index (χ0v) is 19.3. The maximum absolute atomic E-state index is 14.8. The van der Waals surface area contributed by atoms with E-state index in [9.17, 15) is 41.0 Å². The van der Waals surface area contributed by atoms with Crippen LogP contribution in [0.15, 0.2) is 24.5 Å². The highest BCUT2D eigenvalue weighted by Gasteiger charge is 2.41. The molecule has 0 spiro atoms. The molecule has 0 bridgehead atoms. The van der Waals surface area contributed by atoms with Crippen LogP contribution in [-0.4, -0.2) is 67.3 Å². The summed E-state index contributed by atoms with van der Waals surface area (Å²) in [6, 6.07) is 0.216. The van der Waals surface area contributed by atoms with Crippen LogP contribution < -0.4 is 11.1 Å². The molecule has 15 heteroatoms. The number of fused-ring (bicyclic) bond motifs is 1. The normalized spacial score (nSPS) is 18.5. The molecule has 37 heavy (non-hydrogen) atoms. The molecule has 0 unspecified atom stereocenters. The van der Waals surface area contributed by atoms with Gasteiger partial charge in [0.15, 0.2) is 5.82 Å². The lowest BCUT2D eigenvalue weighted by Crippen LogP contribution is -2.46. The van der Waals surface area contributed by atoms with Gasteiger partial charge in [0, 0.05) is 18.2 Å². The molecule has 1 saturated heterocycles. The molecule has 4 N–H and O–H groups in total. The molecule has 1 aromatic carbocycles. The second kappa shape index (κ2) is 8.90. The molecule has 2 aromatic heterocycles. The third kappa shape index (κ3) is 4.77. The maximum atomic E-state index is 14.8. The molecule has 2 atom stereocenters. The standard InChI is InChI=1S/C22H20F6N6O3/c1-21(2,37)20(36)33-6-14(25)15(7-33)32-19(35)10-3-9(12(23)5-13(10)24)16-4-11(22(26,27)28)17-18(29)30-8-31-34(16)17/h3-5,8,14-15,37H,6-7H2,1-2H3,(H,32,35)(H2,29,30,31)/t14-,15+/m0/s1. The Morgan fingerprint density at radius 1 is 1.14 bits per heavy atom. The number of hydrogen-bond donors (Lipinski definition) is 3. The number of rotatable bonds is 4. The van der Waals surface area contributed by atoms with Crippen molar-refractivity contribution in [2.45, 2.75) is 37.8 Å². The number of nitrogens with one attached hydrogen (secondary N) is 1. The molecule has 1 aliphatic heterocycles. The van der Waals surface area contributed by atoms with Gasteiger partial charge in [0.1, 0.15) is 35.3 Å². The highest BCUT2D eigenvalue weighted by molar-refractivity contribution is 5.96. The van der Waals surface area contributed by atoms with Crippen LogP contribution in [0.2, 0.25) is 0 Å². The van der Waals surface area contributed by atoms with E-state index in [-0.39, 0.29) is 6.54 Å². The number of alkyl halides is 4. The smallest absolute Gasteiger partial charge is 0.382 e. The summed E-state index contributed by atoms with van der Waals surface area (Å²) in [7, 11) is 0. The summed E-state index contributed by atoms with van der Waals surface area (Å²) in [5, 5.41) is 15.7. The number of benzene rings is 1. The average molecular weight is 530 g/mol. The minimum atomic E-state index is -4.93. The molecule has 4 rings (SSSR count). The molecule has 0 radical (unpaired) electrons. The maximum Gasteiger partial charge on any atom is 0.418 e. The number of amides is 2. The number of nitrogens with zero attached hydrogens (tertiary/aromatic N) is 4. The zero-order valence-electron chi connectivity index (χ0n) is 19.3. The van der Waals surface area contributed by atoms with Crippen molar-refractivity contribution in [1.29, 1.82) is 0 Å². The summed E-state index contributed by atoms with van der Waals surface area (Å²) in [5.74, 6) is -5.19. The number of carbonyl (C=O) groups excluding carboxylic acids is 2. The van der Waals surface area contributed by atoms with E-state index in [2.05, 4.69) is 15.4 Å². The Balaban J connectivity index is 1.70. The van der Waals surface area contributed by atoms with Gasteiger partial charge in [0.25, 0.3) is 11.8 Å². The molecule has 3 aromatic rings. The summed E-state index contributed by atoms with van der Waals surface area (Å²) in [6.45, 7) is 1.64. The van der Waals surface area contributed by atoms with Crippen LogP contribution in [0, 0.1) is 11.6 Å². The fraction of sp³-hybridized carbons (Fsp3) is 0.364. The Labute approximate surface area is 204 Å². The number of nitrogens with two attached hydrogens (primary N) is 1. The monoisotopic (exact) mass is 530 g/mol. The van der Waals surface area contributed by atoms with Crippen molar-refractivity contribution in [3.05, 3.63) is 47.3 Å². The fourth-order valence-corrected chi connectivity index (χ4v) is 4.09. The summed E-state index contributed by atoms with van der Waals surface area (Å²) >= 11 is 0. The molecular weight excluding hydrogens is 510 g/mol. The van der Waals surface area contributed by atoms with E-state index in [0.717, 1.165) is 11.2 Å². The number of nitrogen functional groups attached to an aromatic ring is 1. The van der Waals surface area contributed by atoms with Gasteiger partial charge in [-0.05, 0) is 26.0 Å². The van der Waals surface area contributed by atoms with Crippen LogP contribution in [0.3, 0.4) is 0 Å². The number of aliphatic hydroxyl groups is 1. The second-order valence-electron chi connectivity index (χ2n) is 9.02. The van der Waals surface area contributed by atoms with E-state index in [1.165, 1.54) is 13.8 Å². The van der Waals surface area contributed by atoms with Crippen LogP contribution >= 0.6 is 0 Å². The average Bonchev–Trinajstić information content (AvgIpc) is 3.34. The summed E-state index contributed by atoms with van der Waals surface area (Å²) in [4.78, 5) is 29.5. The molecule has 0 aliphatic carbocycles. The molecule has 1 fully saturated rings. The Kier molecular flexibility index (Phi) is 6.30. The molecule has 198 valence electrons. The quantitative estimate of drug-likeness (QED) is 0.445. The first-order chi connectivity index (χ1) is 17.1. The lowest BCUT2D eigenvalue weighted by Gasteiger charge is -2.24. The van der Waals surface area contributed by atoms with Gasteiger partial charge in [-0.15, -0.1) is 0 Å². The number of likely N-dealkylation sites (tertiary alicyclic amines) is 1. The van der Waals surface area contributed by atoms with E-state index in [0.29, 0.717) is 22.7 Å². The van der Waals surface area contributed by atoms with Gasteiger partial charge in [-0.3, -0.25) is 9.59 Å². The zero-order chi connectivity index (χ0) is 27.4. The van der Waals surface area contributed by atoms with E-state index in [1.807, 2.05) is 0 Å². The number of hydrogen-bond acceptors (Lipinski definition) is 6. The Hall–Kier alpha value is -3.88. The first kappa shape index (κ1) is 26.2. The number of anilines is 1. The van der Waals surface area contributed by atoms with Gasteiger partial charge in [-0.1, -0.05) is 0 Å². The van der Waals surface area contributed by atoms with Crippen LogP contribution in [0.5, 0.6) is 0 Å². The highest BCUT2D eigenvalue weighted by atomic mass is 19.4. The summed E-state index contributed by atoms with van der Waals surface area (Å²) < 4.78 is 85.3. The SMILES string of the molecule is CC(C)(O)C(=O)N1C[C@H](F)[C@H](NC(=O)c2cc(-c3cc(C(F)(F)F)c4c(N)ncnn34)c(F)cc2F)C1. The van der Waals surface area contributed by atoms with Gasteiger partial charge in [-0.2, -0.15) is 18.3 Å². The lowest BCUT2D eigenvalue weighted by molar-refractivity contribution is -0.146. The van der Waals surface area contributed by atoms with Gasteiger partial charge in [-0.25, -0.2) is 22.7 Å². The highest BCUT2D eigenvalue weighted by Crippen LogP contribution is 2.39. The predicted octanol–water partition coefficient (Wildman–Crippen LogP) is 2.33. The van der Waals surface area contributed by atoms with Crippen molar-refractivity contribution in [1.82, 2.24) is 24.8 Å². The first-order valence-electron chi connectivity index (χ1n) is 10.7. The topological polar surface area (TPSA) is 126 Å². The summed E-state index contributed by atoms with van der Waals surface area (Å²) in [5.41, 5.74) is -0.0522. The van der Waals surface area contributed by atoms with Crippen molar-refractivity contribution in [2.75, 3.05) is 18.8 Å². The van der Waals surface area contributed by atoms with Crippen molar-refractivity contribution in [3.63, 3.8) is 0 Å². The van der Waals surface area contributed by atoms with Crippen molar-refractivity contribution >= 4 is 23.1 Å². The van der Waals surface area contributed by atoms with Crippen LogP contribution in [0.25, 0.3) is 16.8 Å². The predicted molar refractivity (Wildman–Crippen MR) is 117 cm³/mol. The Morgan fingerprint density at radius 3 is 2.43 bits per heavy atom. The van der Waals surface area contributed by atoms with Crippen molar-refractivity contribution < 1.29 is 41.0 Å².